The number of halogens is 1. The summed E-state index contributed by atoms with van der Waals surface area (Å²) < 4.78 is 12.7. The van der Waals surface area contributed by atoms with Gasteiger partial charge in [0.05, 0.1) is 34.5 Å². The summed E-state index contributed by atoms with van der Waals surface area (Å²) in [6.45, 7) is 1.70. The molecule has 5 rings (SSSR count). The van der Waals surface area contributed by atoms with Crippen molar-refractivity contribution >= 4 is 41.0 Å². The van der Waals surface area contributed by atoms with Gasteiger partial charge in [-0.1, -0.05) is 53.3 Å². The minimum atomic E-state index is -1.07. The van der Waals surface area contributed by atoms with Crippen LogP contribution in [-0.4, -0.2) is 28.7 Å². The smallest absolute Gasteiger partial charge is 0.338 e. The highest BCUT2D eigenvalue weighted by Gasteiger charge is 2.33. The van der Waals surface area contributed by atoms with Crippen LogP contribution in [0.3, 0.4) is 0 Å². The third kappa shape index (κ3) is 4.43. The number of hydrogen-bond donors (Lipinski definition) is 1. The van der Waals surface area contributed by atoms with Crippen molar-refractivity contribution in [1.29, 1.82) is 0 Å². The predicted molar refractivity (Wildman–Crippen MR) is 138 cm³/mol. The number of thiazole rings is 1. The molecule has 0 amide bonds. The summed E-state index contributed by atoms with van der Waals surface area (Å²) >= 11 is 7.23. The predicted octanol–water partition coefficient (Wildman–Crippen LogP) is 4.02. The molecule has 0 fully saturated rings. The number of carbonyl (C=O) groups excluding carboxylic acids is 1. The molecule has 3 heterocycles. The molecular weight excluding hydrogens is 516 g/mol. The first-order chi connectivity index (χ1) is 17.8. The highest BCUT2D eigenvalue weighted by Crippen LogP contribution is 2.31. The first-order valence-corrected chi connectivity index (χ1v) is 12.3. The Hall–Kier alpha value is -4.21. The van der Waals surface area contributed by atoms with Crippen LogP contribution >= 0.6 is 22.9 Å². The highest BCUT2D eigenvalue weighted by molar-refractivity contribution is 7.07. The number of carboxylic acid groups (broad SMARTS) is 1. The summed E-state index contributed by atoms with van der Waals surface area (Å²) in [4.78, 5) is 42.9. The number of esters is 1. The lowest BCUT2D eigenvalue weighted by Crippen LogP contribution is -2.39. The number of allylic oxidation sites excluding steroid dienone is 1. The molecule has 186 valence electrons. The van der Waals surface area contributed by atoms with Crippen LogP contribution in [0.2, 0.25) is 5.02 Å². The van der Waals surface area contributed by atoms with E-state index in [-0.39, 0.29) is 16.7 Å². The molecule has 37 heavy (non-hydrogen) atoms. The number of carboxylic acids is 1. The molecule has 0 spiro atoms. The van der Waals surface area contributed by atoms with Crippen molar-refractivity contribution in [3.8, 4) is 11.3 Å². The normalized spacial score (nSPS) is 15.3. The molecule has 0 saturated carbocycles. The topological polar surface area (TPSA) is 111 Å². The molecule has 0 saturated heterocycles. The summed E-state index contributed by atoms with van der Waals surface area (Å²) in [6, 6.07) is 16.0. The minimum absolute atomic E-state index is 0.108. The van der Waals surface area contributed by atoms with Gasteiger partial charge in [0.15, 0.2) is 4.80 Å². The SMILES string of the molecule is COC(=O)C1=C(C)N=c2s/c(=C\c3ccc(-c4ccccc4C(=O)O)o3)c(=O)n2[C@@H]1c1ccc(Cl)cc1. The van der Waals surface area contributed by atoms with Crippen LogP contribution in [0.5, 0.6) is 0 Å². The Morgan fingerprint density at radius 3 is 2.57 bits per heavy atom. The van der Waals surface area contributed by atoms with Crippen LogP contribution in [0.4, 0.5) is 0 Å². The van der Waals surface area contributed by atoms with Crippen molar-refractivity contribution in [2.75, 3.05) is 7.11 Å². The standard InChI is InChI=1S/C27H19ClN2O6S/c1-14-22(26(34)35-2)23(15-7-9-16(28)10-8-15)30-24(31)21(37-27(30)29-14)13-17-11-12-20(36-17)18-5-3-4-6-19(18)25(32)33/h3-13,23H,1-2H3,(H,32,33)/b21-13-/t23-/m1/s1. The van der Waals surface area contributed by atoms with Crippen molar-refractivity contribution < 1.29 is 23.8 Å². The molecule has 4 aromatic rings. The van der Waals surface area contributed by atoms with Crippen molar-refractivity contribution in [3.63, 3.8) is 0 Å². The zero-order chi connectivity index (χ0) is 26.3. The van der Waals surface area contributed by atoms with Gasteiger partial charge in [-0.3, -0.25) is 9.36 Å². The van der Waals surface area contributed by atoms with E-state index in [0.717, 1.165) is 11.3 Å². The Kier molecular flexibility index (Phi) is 6.41. The highest BCUT2D eigenvalue weighted by atomic mass is 35.5. The molecule has 2 aromatic carbocycles. The summed E-state index contributed by atoms with van der Waals surface area (Å²) in [5, 5.41) is 10.0. The third-order valence-corrected chi connectivity index (χ3v) is 7.17. The van der Waals surface area contributed by atoms with Crippen molar-refractivity contribution in [2.45, 2.75) is 13.0 Å². The van der Waals surface area contributed by atoms with Crippen molar-refractivity contribution in [3.05, 3.63) is 114 Å². The van der Waals surface area contributed by atoms with E-state index in [1.807, 2.05) is 0 Å². The lowest BCUT2D eigenvalue weighted by molar-refractivity contribution is -0.136. The van der Waals surface area contributed by atoms with E-state index in [1.54, 1.807) is 67.6 Å². The number of carbonyl (C=O) groups is 2. The zero-order valence-corrected chi connectivity index (χ0v) is 21.2. The van der Waals surface area contributed by atoms with Crippen molar-refractivity contribution in [1.82, 2.24) is 4.57 Å². The Morgan fingerprint density at radius 2 is 1.86 bits per heavy atom. The quantitative estimate of drug-likeness (QED) is 0.387. The van der Waals surface area contributed by atoms with Crippen LogP contribution in [0.25, 0.3) is 17.4 Å². The Bertz CT molecular complexity index is 1760. The van der Waals surface area contributed by atoms with Crippen LogP contribution < -0.4 is 14.9 Å². The van der Waals surface area contributed by atoms with E-state index in [2.05, 4.69) is 4.99 Å². The molecule has 0 radical (unpaired) electrons. The second-order valence-corrected chi connectivity index (χ2v) is 9.62. The van der Waals surface area contributed by atoms with Gasteiger partial charge in [0.2, 0.25) is 0 Å². The maximum Gasteiger partial charge on any atom is 0.338 e. The van der Waals surface area contributed by atoms with E-state index in [0.29, 0.717) is 42.7 Å². The number of hydrogen-bond acceptors (Lipinski definition) is 7. The molecule has 0 bridgehead atoms. The molecule has 1 aliphatic heterocycles. The number of benzene rings is 2. The number of fused-ring (bicyclic) bond motifs is 1. The molecular formula is C27H19ClN2O6S. The van der Waals surface area contributed by atoms with Gasteiger partial charge in [0.25, 0.3) is 5.56 Å². The summed E-state index contributed by atoms with van der Waals surface area (Å²) in [6.07, 6.45) is 1.58. The molecule has 0 unspecified atom stereocenters. The number of nitrogens with zero attached hydrogens (tertiary/aromatic N) is 2. The zero-order valence-electron chi connectivity index (χ0n) is 19.6. The average Bonchev–Trinajstić information content (AvgIpc) is 3.47. The molecule has 8 nitrogen and oxygen atoms in total. The molecule has 1 aliphatic rings. The molecule has 10 heteroatoms. The van der Waals surface area contributed by atoms with E-state index < -0.39 is 18.0 Å². The minimum Gasteiger partial charge on any atom is -0.478 e. The van der Waals surface area contributed by atoms with E-state index in [4.69, 9.17) is 20.8 Å². The maximum absolute atomic E-state index is 13.6. The van der Waals surface area contributed by atoms with E-state index in [9.17, 15) is 19.5 Å². The second-order valence-electron chi connectivity index (χ2n) is 8.18. The molecule has 1 atom stereocenters. The van der Waals surface area contributed by atoms with Gasteiger partial charge in [-0.15, -0.1) is 0 Å². The monoisotopic (exact) mass is 534 g/mol. The Balaban J connectivity index is 1.64. The lowest BCUT2D eigenvalue weighted by atomic mass is 9.96. The van der Waals surface area contributed by atoms with Gasteiger partial charge in [-0.05, 0) is 42.8 Å². The van der Waals surface area contributed by atoms with E-state index in [1.165, 1.54) is 17.7 Å². The van der Waals surface area contributed by atoms with Gasteiger partial charge < -0.3 is 14.3 Å². The van der Waals surface area contributed by atoms with Crippen LogP contribution in [0, 0.1) is 0 Å². The summed E-state index contributed by atoms with van der Waals surface area (Å²) in [5.74, 6) is -0.920. The van der Waals surface area contributed by atoms with Gasteiger partial charge in [0.1, 0.15) is 11.5 Å². The Morgan fingerprint density at radius 1 is 1.14 bits per heavy atom. The Labute approximate surface area is 219 Å². The lowest BCUT2D eigenvalue weighted by Gasteiger charge is -2.24. The van der Waals surface area contributed by atoms with E-state index >= 15 is 0 Å². The maximum atomic E-state index is 13.6. The largest absolute Gasteiger partial charge is 0.478 e. The number of aromatic nitrogens is 1. The third-order valence-electron chi connectivity index (χ3n) is 5.94. The molecule has 1 N–H and O–H groups in total. The number of methoxy groups -OCH3 is 1. The fraction of sp³-hybridized carbons (Fsp3) is 0.111. The van der Waals surface area contributed by atoms with Crippen molar-refractivity contribution in [2.24, 2.45) is 4.99 Å². The fourth-order valence-electron chi connectivity index (χ4n) is 4.24. The number of ether oxygens (including phenoxy) is 1. The average molecular weight is 535 g/mol. The first kappa shape index (κ1) is 24.5. The number of rotatable bonds is 5. The summed E-state index contributed by atoms with van der Waals surface area (Å²) in [7, 11) is 1.28. The van der Waals surface area contributed by atoms with Crippen LogP contribution in [-0.2, 0) is 9.53 Å². The first-order valence-electron chi connectivity index (χ1n) is 11.1. The number of furan rings is 1. The molecule has 2 aromatic heterocycles. The van der Waals surface area contributed by atoms with Gasteiger partial charge >= 0.3 is 11.9 Å². The van der Waals surface area contributed by atoms with Gasteiger partial charge in [0, 0.05) is 16.7 Å². The second kappa shape index (κ2) is 9.68. The van der Waals surface area contributed by atoms with Gasteiger partial charge in [-0.2, -0.15) is 0 Å². The van der Waals surface area contributed by atoms with Crippen LogP contribution in [0.15, 0.2) is 86.1 Å². The summed E-state index contributed by atoms with van der Waals surface area (Å²) in [5.41, 5.74) is 1.56. The van der Waals surface area contributed by atoms with Crippen LogP contribution in [0.1, 0.15) is 34.6 Å². The fourth-order valence-corrected chi connectivity index (χ4v) is 5.39. The van der Waals surface area contributed by atoms with Gasteiger partial charge in [-0.25, -0.2) is 14.6 Å². The number of aromatic carboxylic acids is 1. The molecule has 0 aliphatic carbocycles.